The predicted octanol–water partition coefficient (Wildman–Crippen LogP) is 2.73. The molecule has 0 aromatic carbocycles. The van der Waals surface area contributed by atoms with Crippen molar-refractivity contribution in [3.05, 3.63) is 18.2 Å². The molecule has 0 spiro atoms. The van der Waals surface area contributed by atoms with Crippen LogP contribution in [0.1, 0.15) is 64.7 Å². The van der Waals surface area contributed by atoms with Crippen molar-refractivity contribution in [1.82, 2.24) is 19.8 Å². The Morgan fingerprint density at radius 1 is 1.36 bits per heavy atom. The molecule has 1 unspecified atom stereocenters. The Labute approximate surface area is 134 Å². The van der Waals surface area contributed by atoms with E-state index in [4.69, 9.17) is 0 Å². The highest BCUT2D eigenvalue weighted by Crippen LogP contribution is 2.23. The average Bonchev–Trinajstić information content (AvgIpc) is 3.00. The highest BCUT2D eigenvalue weighted by molar-refractivity contribution is 5.81. The van der Waals surface area contributed by atoms with Crippen molar-refractivity contribution in [2.75, 3.05) is 7.05 Å². The molecule has 1 fully saturated rings. The summed E-state index contributed by atoms with van der Waals surface area (Å²) < 4.78 is 2.09. The third-order valence-electron chi connectivity index (χ3n) is 4.87. The molecule has 5 heteroatoms. The van der Waals surface area contributed by atoms with E-state index >= 15 is 0 Å². The van der Waals surface area contributed by atoms with Crippen molar-refractivity contribution < 1.29 is 4.79 Å². The molecule has 1 aromatic rings. The van der Waals surface area contributed by atoms with Gasteiger partial charge in [-0.1, -0.05) is 19.3 Å². The number of carbonyl (C=O) groups is 1. The molecule has 0 bridgehead atoms. The van der Waals surface area contributed by atoms with Crippen molar-refractivity contribution in [3.63, 3.8) is 0 Å². The second-order valence-corrected chi connectivity index (χ2v) is 6.70. The zero-order valence-electron chi connectivity index (χ0n) is 14.4. The Balaban J connectivity index is 1.86. The van der Waals surface area contributed by atoms with E-state index in [9.17, 15) is 4.79 Å². The summed E-state index contributed by atoms with van der Waals surface area (Å²) in [5, 5.41) is 3.04. The lowest BCUT2D eigenvalue weighted by Gasteiger charge is -2.34. The van der Waals surface area contributed by atoms with Crippen molar-refractivity contribution in [2.45, 2.75) is 77.5 Å². The lowest BCUT2D eigenvalue weighted by atomic mass is 9.93. The van der Waals surface area contributed by atoms with Crippen LogP contribution in [-0.4, -0.2) is 39.5 Å². The minimum atomic E-state index is -0.0921. The lowest BCUT2D eigenvalue weighted by Crippen LogP contribution is -2.48. The highest BCUT2D eigenvalue weighted by Gasteiger charge is 2.26. The van der Waals surface area contributed by atoms with Gasteiger partial charge in [0.15, 0.2) is 0 Å². The molecule has 1 N–H and O–H groups in total. The second-order valence-electron chi connectivity index (χ2n) is 6.70. The topological polar surface area (TPSA) is 50.2 Å². The first kappa shape index (κ1) is 17.0. The van der Waals surface area contributed by atoms with E-state index < -0.39 is 0 Å². The zero-order chi connectivity index (χ0) is 16.1. The average molecular weight is 306 g/mol. The van der Waals surface area contributed by atoms with Crippen LogP contribution in [-0.2, 0) is 11.3 Å². The SMILES string of the molecule is CC(C(=O)NCc1nccn1C(C)C)N(C)C1CCCCC1. The number of aromatic nitrogens is 2. The van der Waals surface area contributed by atoms with E-state index in [0.29, 0.717) is 18.6 Å². The molecule has 1 aliphatic carbocycles. The number of nitrogens with one attached hydrogen (secondary N) is 1. The van der Waals surface area contributed by atoms with Gasteiger partial charge in [0.1, 0.15) is 5.82 Å². The number of rotatable bonds is 6. The Bertz CT molecular complexity index is 477. The van der Waals surface area contributed by atoms with Gasteiger partial charge in [0, 0.05) is 24.5 Å². The van der Waals surface area contributed by atoms with Gasteiger partial charge in [-0.15, -0.1) is 0 Å². The van der Waals surface area contributed by atoms with Gasteiger partial charge < -0.3 is 9.88 Å². The zero-order valence-corrected chi connectivity index (χ0v) is 14.4. The van der Waals surface area contributed by atoms with Gasteiger partial charge in [-0.25, -0.2) is 4.98 Å². The molecule has 1 aromatic heterocycles. The van der Waals surface area contributed by atoms with E-state index in [1.807, 2.05) is 13.1 Å². The summed E-state index contributed by atoms with van der Waals surface area (Å²) in [6.45, 7) is 6.73. The van der Waals surface area contributed by atoms with E-state index in [1.165, 1.54) is 32.1 Å². The predicted molar refractivity (Wildman–Crippen MR) is 88.6 cm³/mol. The van der Waals surface area contributed by atoms with Crippen LogP contribution in [0.25, 0.3) is 0 Å². The first-order valence-corrected chi connectivity index (χ1v) is 8.52. The molecular formula is C17H30N4O. The largest absolute Gasteiger partial charge is 0.348 e. The molecule has 5 nitrogen and oxygen atoms in total. The summed E-state index contributed by atoms with van der Waals surface area (Å²) in [6.07, 6.45) is 10.1. The molecule has 1 aliphatic rings. The fraction of sp³-hybridized carbons (Fsp3) is 0.765. The molecular weight excluding hydrogens is 276 g/mol. The van der Waals surface area contributed by atoms with Crippen LogP contribution in [0, 0.1) is 0 Å². The molecule has 22 heavy (non-hydrogen) atoms. The lowest BCUT2D eigenvalue weighted by molar-refractivity contribution is -0.126. The minimum Gasteiger partial charge on any atom is -0.348 e. The molecule has 0 aliphatic heterocycles. The van der Waals surface area contributed by atoms with Gasteiger partial charge in [0.2, 0.25) is 5.91 Å². The molecule has 1 saturated carbocycles. The molecule has 1 atom stereocenters. The van der Waals surface area contributed by atoms with Gasteiger partial charge in [-0.3, -0.25) is 9.69 Å². The normalized spacial score (nSPS) is 17.9. The molecule has 0 radical (unpaired) electrons. The van der Waals surface area contributed by atoms with E-state index in [1.54, 1.807) is 6.20 Å². The van der Waals surface area contributed by atoms with Crippen molar-refractivity contribution in [1.29, 1.82) is 0 Å². The second kappa shape index (κ2) is 7.77. The Kier molecular flexibility index (Phi) is 6.00. The summed E-state index contributed by atoms with van der Waals surface area (Å²) in [4.78, 5) is 19.0. The summed E-state index contributed by atoms with van der Waals surface area (Å²) in [6, 6.07) is 0.814. The van der Waals surface area contributed by atoms with Gasteiger partial charge in [0.05, 0.1) is 12.6 Å². The number of amides is 1. The molecule has 0 saturated heterocycles. The van der Waals surface area contributed by atoms with Crippen molar-refractivity contribution >= 4 is 5.91 Å². The fourth-order valence-corrected chi connectivity index (χ4v) is 3.25. The summed E-state index contributed by atoms with van der Waals surface area (Å²) in [5.41, 5.74) is 0. The van der Waals surface area contributed by atoms with E-state index in [2.05, 4.69) is 40.7 Å². The molecule has 1 heterocycles. The van der Waals surface area contributed by atoms with Crippen LogP contribution in [0.5, 0.6) is 0 Å². The number of likely N-dealkylation sites (N-methyl/N-ethyl adjacent to an activating group) is 1. The summed E-state index contributed by atoms with van der Waals surface area (Å²) in [5.74, 6) is 1.00. The number of hydrogen-bond donors (Lipinski definition) is 1. The van der Waals surface area contributed by atoms with Crippen LogP contribution in [0.3, 0.4) is 0 Å². The van der Waals surface area contributed by atoms with Gasteiger partial charge in [0.25, 0.3) is 0 Å². The Morgan fingerprint density at radius 2 is 2.05 bits per heavy atom. The van der Waals surface area contributed by atoms with Crippen LogP contribution in [0.2, 0.25) is 0 Å². The van der Waals surface area contributed by atoms with E-state index in [0.717, 1.165) is 5.82 Å². The standard InChI is InChI=1S/C17H30N4O/c1-13(2)21-11-10-18-16(21)12-19-17(22)14(3)20(4)15-8-6-5-7-9-15/h10-11,13-15H,5-9,12H2,1-4H3,(H,19,22). The van der Waals surface area contributed by atoms with Gasteiger partial charge in [-0.2, -0.15) is 0 Å². The van der Waals surface area contributed by atoms with E-state index in [-0.39, 0.29) is 11.9 Å². The molecule has 1 amide bonds. The highest BCUT2D eigenvalue weighted by atomic mass is 16.2. The monoisotopic (exact) mass is 306 g/mol. The third kappa shape index (κ3) is 4.09. The van der Waals surface area contributed by atoms with Crippen LogP contribution in [0.15, 0.2) is 12.4 Å². The Hall–Kier alpha value is -1.36. The third-order valence-corrected chi connectivity index (χ3v) is 4.87. The van der Waals surface area contributed by atoms with Crippen LogP contribution < -0.4 is 5.32 Å². The number of hydrogen-bond acceptors (Lipinski definition) is 3. The maximum atomic E-state index is 12.4. The van der Waals surface area contributed by atoms with Gasteiger partial charge in [-0.05, 0) is 40.7 Å². The number of carbonyl (C=O) groups excluding carboxylic acids is 1. The van der Waals surface area contributed by atoms with Gasteiger partial charge >= 0.3 is 0 Å². The molecule has 124 valence electrons. The Morgan fingerprint density at radius 3 is 2.68 bits per heavy atom. The maximum absolute atomic E-state index is 12.4. The van der Waals surface area contributed by atoms with Crippen LogP contribution in [0.4, 0.5) is 0 Å². The number of nitrogens with zero attached hydrogens (tertiary/aromatic N) is 3. The van der Waals surface area contributed by atoms with Crippen molar-refractivity contribution in [2.24, 2.45) is 0 Å². The maximum Gasteiger partial charge on any atom is 0.237 e. The first-order chi connectivity index (χ1) is 10.5. The summed E-state index contributed by atoms with van der Waals surface area (Å²) >= 11 is 0. The van der Waals surface area contributed by atoms with Crippen molar-refractivity contribution in [3.8, 4) is 0 Å². The minimum absolute atomic E-state index is 0.0892. The van der Waals surface area contributed by atoms with Crippen LogP contribution >= 0.6 is 0 Å². The fourth-order valence-electron chi connectivity index (χ4n) is 3.25. The number of imidazole rings is 1. The smallest absolute Gasteiger partial charge is 0.237 e. The summed E-state index contributed by atoms with van der Waals surface area (Å²) in [7, 11) is 2.08. The quantitative estimate of drug-likeness (QED) is 0.879. The molecule has 2 rings (SSSR count). The first-order valence-electron chi connectivity index (χ1n) is 8.52.